The summed E-state index contributed by atoms with van der Waals surface area (Å²) >= 11 is 0. The minimum Gasteiger partial charge on any atom is -0.478 e. The first kappa shape index (κ1) is 14.3. The number of likely N-dealkylation sites (N-methyl/N-ethyl adjacent to an activating group) is 1. The van der Waals surface area contributed by atoms with Gasteiger partial charge in [-0.05, 0) is 18.2 Å². The molecule has 1 unspecified atom stereocenters. The summed E-state index contributed by atoms with van der Waals surface area (Å²) in [5, 5.41) is 18.6. The van der Waals surface area contributed by atoms with E-state index in [2.05, 4.69) is 0 Å². The molecule has 0 amide bonds. The van der Waals surface area contributed by atoms with Crippen LogP contribution in [0, 0.1) is 0 Å². The number of nitrogens with zero attached hydrogens (tertiary/aromatic N) is 1. The molecule has 1 aromatic carbocycles. The van der Waals surface area contributed by atoms with E-state index in [0.717, 1.165) is 0 Å². The number of hydrogen-bond acceptors (Lipinski definition) is 5. The summed E-state index contributed by atoms with van der Waals surface area (Å²) in [6.07, 6.45) is -0.633. The minimum atomic E-state index is -1.07. The van der Waals surface area contributed by atoms with Crippen molar-refractivity contribution in [2.45, 2.75) is 6.10 Å². The molecule has 100 valence electrons. The number of carbonyl (C=O) groups is 1. The maximum absolute atomic E-state index is 11.0. The summed E-state index contributed by atoms with van der Waals surface area (Å²) in [5.74, 6) is -1.07. The zero-order chi connectivity index (χ0) is 13.7. The van der Waals surface area contributed by atoms with Gasteiger partial charge in [-0.1, -0.05) is 0 Å². The maximum atomic E-state index is 11.0. The Hall–Kier alpha value is -1.79. The predicted molar refractivity (Wildman–Crippen MR) is 69.0 cm³/mol. The van der Waals surface area contributed by atoms with Crippen LogP contribution >= 0.6 is 0 Å². The van der Waals surface area contributed by atoms with E-state index in [4.69, 9.17) is 15.6 Å². The van der Waals surface area contributed by atoms with Crippen molar-refractivity contribution in [1.29, 1.82) is 0 Å². The smallest absolute Gasteiger partial charge is 0.337 e. The van der Waals surface area contributed by atoms with Crippen LogP contribution in [0.4, 0.5) is 11.4 Å². The van der Waals surface area contributed by atoms with Crippen LogP contribution in [0.3, 0.4) is 0 Å². The SMILES string of the molecule is COCC(O)CN(C)c1ccc(N)c(C(=O)O)c1. The van der Waals surface area contributed by atoms with Crippen LogP contribution in [0.15, 0.2) is 18.2 Å². The van der Waals surface area contributed by atoms with E-state index in [0.29, 0.717) is 12.2 Å². The third kappa shape index (κ3) is 3.61. The van der Waals surface area contributed by atoms with Crippen molar-refractivity contribution in [3.63, 3.8) is 0 Å². The first-order valence-electron chi connectivity index (χ1n) is 5.46. The first-order chi connectivity index (χ1) is 8.45. The lowest BCUT2D eigenvalue weighted by Gasteiger charge is -2.23. The normalized spacial score (nSPS) is 12.2. The summed E-state index contributed by atoms with van der Waals surface area (Å²) in [5.41, 5.74) is 6.52. The van der Waals surface area contributed by atoms with Crippen LogP contribution in [0.5, 0.6) is 0 Å². The van der Waals surface area contributed by atoms with Crippen LogP contribution in [-0.2, 0) is 4.74 Å². The molecule has 1 rings (SSSR count). The average Bonchev–Trinajstić information content (AvgIpc) is 2.29. The van der Waals surface area contributed by atoms with Crippen molar-refractivity contribution in [2.75, 3.05) is 37.9 Å². The Morgan fingerprint density at radius 2 is 2.22 bits per heavy atom. The fraction of sp³-hybridized carbons (Fsp3) is 0.417. The number of methoxy groups -OCH3 is 1. The molecule has 4 N–H and O–H groups in total. The van der Waals surface area contributed by atoms with Gasteiger partial charge in [-0.25, -0.2) is 4.79 Å². The van der Waals surface area contributed by atoms with Gasteiger partial charge in [0.05, 0.1) is 18.3 Å². The summed E-state index contributed by atoms with van der Waals surface area (Å²) in [6, 6.07) is 4.73. The fourth-order valence-electron chi connectivity index (χ4n) is 1.63. The molecule has 0 aliphatic carbocycles. The molecular weight excluding hydrogens is 236 g/mol. The number of hydrogen-bond donors (Lipinski definition) is 3. The quantitative estimate of drug-likeness (QED) is 0.636. The average molecular weight is 254 g/mol. The Morgan fingerprint density at radius 1 is 1.56 bits per heavy atom. The van der Waals surface area contributed by atoms with E-state index in [1.807, 2.05) is 0 Å². The fourth-order valence-corrected chi connectivity index (χ4v) is 1.63. The second-order valence-electron chi connectivity index (χ2n) is 4.07. The molecule has 0 heterocycles. The highest BCUT2D eigenvalue weighted by Gasteiger charge is 2.13. The number of nitrogen functional groups attached to an aromatic ring is 1. The third-order valence-corrected chi connectivity index (χ3v) is 2.55. The highest BCUT2D eigenvalue weighted by molar-refractivity contribution is 5.94. The standard InChI is InChI=1S/C12H18N2O4/c1-14(6-9(15)7-18-2)8-3-4-11(13)10(5-8)12(16)17/h3-5,9,15H,6-7,13H2,1-2H3,(H,16,17). The number of carboxylic acids is 1. The number of aliphatic hydroxyl groups excluding tert-OH is 1. The van der Waals surface area contributed by atoms with Gasteiger partial charge in [0.15, 0.2) is 0 Å². The molecule has 0 radical (unpaired) electrons. The molecule has 0 aliphatic rings. The topological polar surface area (TPSA) is 96.0 Å². The second kappa shape index (κ2) is 6.23. The Balaban J connectivity index is 2.83. The molecule has 1 atom stereocenters. The number of aliphatic hydroxyl groups is 1. The summed E-state index contributed by atoms with van der Waals surface area (Å²) in [4.78, 5) is 12.7. The molecule has 6 heteroatoms. The lowest BCUT2D eigenvalue weighted by Crippen LogP contribution is -2.32. The van der Waals surface area contributed by atoms with Gasteiger partial charge in [0.25, 0.3) is 0 Å². The Bertz CT molecular complexity index is 423. The number of ether oxygens (including phenoxy) is 1. The van der Waals surface area contributed by atoms with E-state index in [-0.39, 0.29) is 17.9 Å². The van der Waals surface area contributed by atoms with Gasteiger partial charge in [0.1, 0.15) is 0 Å². The summed E-state index contributed by atoms with van der Waals surface area (Å²) in [6.45, 7) is 0.571. The van der Waals surface area contributed by atoms with Crippen LogP contribution in [0.2, 0.25) is 0 Å². The highest BCUT2D eigenvalue weighted by Crippen LogP contribution is 2.20. The van der Waals surface area contributed by atoms with Crippen molar-refractivity contribution in [1.82, 2.24) is 0 Å². The number of aromatic carboxylic acids is 1. The molecule has 0 fully saturated rings. The van der Waals surface area contributed by atoms with Gasteiger partial charge >= 0.3 is 5.97 Å². The van der Waals surface area contributed by atoms with Crippen LogP contribution in [0.25, 0.3) is 0 Å². The molecule has 0 spiro atoms. The second-order valence-corrected chi connectivity index (χ2v) is 4.07. The summed E-state index contributed by atoms with van der Waals surface area (Å²) < 4.78 is 4.83. The Morgan fingerprint density at radius 3 is 2.78 bits per heavy atom. The third-order valence-electron chi connectivity index (χ3n) is 2.55. The van der Waals surface area contributed by atoms with Crippen LogP contribution < -0.4 is 10.6 Å². The lowest BCUT2D eigenvalue weighted by atomic mass is 10.1. The number of rotatable bonds is 6. The van der Waals surface area contributed by atoms with Crippen molar-refractivity contribution in [3.05, 3.63) is 23.8 Å². The van der Waals surface area contributed by atoms with E-state index in [9.17, 15) is 9.90 Å². The van der Waals surface area contributed by atoms with E-state index in [1.165, 1.54) is 19.2 Å². The van der Waals surface area contributed by atoms with Gasteiger partial charge in [0.2, 0.25) is 0 Å². The molecular formula is C12H18N2O4. The Labute approximate surface area is 106 Å². The molecule has 6 nitrogen and oxygen atoms in total. The van der Waals surface area contributed by atoms with Crippen LogP contribution in [0.1, 0.15) is 10.4 Å². The van der Waals surface area contributed by atoms with Gasteiger partial charge < -0.3 is 25.6 Å². The monoisotopic (exact) mass is 254 g/mol. The molecule has 0 saturated heterocycles. The zero-order valence-electron chi connectivity index (χ0n) is 10.5. The highest BCUT2D eigenvalue weighted by atomic mass is 16.5. The molecule has 0 saturated carbocycles. The molecule has 0 aromatic heterocycles. The largest absolute Gasteiger partial charge is 0.478 e. The van der Waals surface area contributed by atoms with E-state index >= 15 is 0 Å². The van der Waals surface area contributed by atoms with E-state index < -0.39 is 12.1 Å². The van der Waals surface area contributed by atoms with Gasteiger partial charge in [0, 0.05) is 32.1 Å². The maximum Gasteiger partial charge on any atom is 0.337 e. The zero-order valence-corrected chi connectivity index (χ0v) is 10.5. The first-order valence-corrected chi connectivity index (χ1v) is 5.46. The number of nitrogens with two attached hydrogens (primary N) is 1. The molecule has 18 heavy (non-hydrogen) atoms. The Kier molecular flexibility index (Phi) is 4.94. The summed E-state index contributed by atoms with van der Waals surface area (Å²) in [7, 11) is 3.27. The molecule has 0 aliphatic heterocycles. The van der Waals surface area contributed by atoms with Crippen molar-refractivity contribution in [2.24, 2.45) is 0 Å². The van der Waals surface area contributed by atoms with Crippen molar-refractivity contribution < 1.29 is 19.7 Å². The molecule has 0 bridgehead atoms. The van der Waals surface area contributed by atoms with Gasteiger partial charge in [-0.3, -0.25) is 0 Å². The van der Waals surface area contributed by atoms with Crippen LogP contribution in [-0.4, -0.2) is 49.6 Å². The van der Waals surface area contributed by atoms with E-state index in [1.54, 1.807) is 18.0 Å². The predicted octanol–water partition coefficient (Wildman–Crippen LogP) is 0.411. The number of anilines is 2. The van der Waals surface area contributed by atoms with Gasteiger partial charge in [-0.15, -0.1) is 0 Å². The van der Waals surface area contributed by atoms with Gasteiger partial charge in [-0.2, -0.15) is 0 Å². The van der Waals surface area contributed by atoms with Crippen molar-refractivity contribution >= 4 is 17.3 Å². The number of carboxylic acid groups (broad SMARTS) is 1. The molecule has 1 aromatic rings. The minimum absolute atomic E-state index is 0.0561. The van der Waals surface area contributed by atoms with Crippen molar-refractivity contribution in [3.8, 4) is 0 Å². The lowest BCUT2D eigenvalue weighted by molar-refractivity contribution is 0.0695. The number of benzene rings is 1.